The molecule has 3 aliphatic carbocycles. The van der Waals surface area contributed by atoms with E-state index < -0.39 is 138 Å². The number of carboxylic acids is 1. The smallest absolute Gasteiger partial charge is 0.307 e. The summed E-state index contributed by atoms with van der Waals surface area (Å²) in [5.74, 6) is -2.08. The summed E-state index contributed by atoms with van der Waals surface area (Å²) in [5, 5.41) is 82.6. The summed E-state index contributed by atoms with van der Waals surface area (Å²) in [4.78, 5) is 113. The van der Waals surface area contributed by atoms with Gasteiger partial charge in [-0.3, -0.25) is 85.7 Å². The molecule has 13 rings (SSSR count). The van der Waals surface area contributed by atoms with Gasteiger partial charge < -0.3 is 94.2 Å². The maximum atomic E-state index is 13.8. The zero-order chi connectivity index (χ0) is 83.9. The van der Waals surface area contributed by atoms with Crippen LogP contribution < -0.4 is 72.2 Å². The summed E-state index contributed by atoms with van der Waals surface area (Å²) < 4.78 is 56.7. The summed E-state index contributed by atoms with van der Waals surface area (Å²) >= 11 is 0. The molecule has 626 valence electrons. The predicted octanol–water partition coefficient (Wildman–Crippen LogP) is 1.29. The summed E-state index contributed by atoms with van der Waals surface area (Å²) in [6.07, 6.45) is -3.22. The number of carboxylic acid groups (broad SMARTS) is 1. The van der Waals surface area contributed by atoms with Crippen LogP contribution in [0.1, 0.15) is 160 Å². The lowest BCUT2D eigenvalue weighted by molar-refractivity contribution is -0.281. The summed E-state index contributed by atoms with van der Waals surface area (Å²) in [6, 6.07) is 18.2. The van der Waals surface area contributed by atoms with Gasteiger partial charge in [-0.2, -0.15) is 0 Å². The molecule has 5 heterocycles. The van der Waals surface area contributed by atoms with Crippen LogP contribution >= 0.6 is 0 Å². The Labute approximate surface area is 663 Å². The van der Waals surface area contributed by atoms with Crippen LogP contribution in [0, 0.1) is 11.8 Å². The fourth-order valence-corrected chi connectivity index (χ4v) is 15.1. The number of hydrogen-bond donors (Lipinski definition) is 15. The number of aliphatic carboxylic acids is 1. The zero-order valence-electron chi connectivity index (χ0n) is 65.7. The molecular formula is C79H104N10O26. The number of Topliss-reactive ketones (excluding diaryl/α,β-unsaturated/α-hetero) is 1. The van der Waals surface area contributed by atoms with Crippen molar-refractivity contribution in [3.8, 4) is 46.0 Å². The van der Waals surface area contributed by atoms with Gasteiger partial charge in [-0.1, -0.05) is 31.2 Å². The molecule has 17 N–H and O–H groups in total. The number of methoxy groups -OCH3 is 4. The fourth-order valence-electron chi connectivity index (χ4n) is 15.1. The Morgan fingerprint density at radius 2 is 1.37 bits per heavy atom. The van der Waals surface area contributed by atoms with Crippen LogP contribution in [0.3, 0.4) is 0 Å². The molecule has 8 aliphatic rings. The lowest BCUT2D eigenvalue weighted by Gasteiger charge is -2.43. The number of ether oxygens (including phenoxy) is 10. The van der Waals surface area contributed by atoms with E-state index in [2.05, 4.69) is 32.2 Å². The highest BCUT2D eigenvalue weighted by Gasteiger charge is 2.52. The third-order valence-electron chi connectivity index (χ3n) is 20.7. The minimum absolute atomic E-state index is 0.0249. The van der Waals surface area contributed by atoms with Gasteiger partial charge in [-0.25, -0.2) is 0 Å². The number of imide groups is 2. The van der Waals surface area contributed by atoms with E-state index in [1.165, 1.54) is 46.6 Å². The number of fused-ring (bicyclic) bond motifs is 5. The Bertz CT molecular complexity index is 4280. The van der Waals surface area contributed by atoms with Gasteiger partial charge in [0.15, 0.2) is 47.1 Å². The van der Waals surface area contributed by atoms with E-state index in [9.17, 15) is 78.9 Å². The first-order valence-corrected chi connectivity index (χ1v) is 37.6. The fraction of sp³-hybridized carbons (Fsp3) is 0.506. The van der Waals surface area contributed by atoms with E-state index in [-0.39, 0.29) is 109 Å². The number of piperazine rings is 2. The molecule has 12 atom stereocenters. The number of nitrogens with one attached hydrogen (secondary N) is 6. The Balaban J connectivity index is 0.000000186. The molecule has 5 aromatic carbocycles. The van der Waals surface area contributed by atoms with Crippen molar-refractivity contribution in [3.63, 3.8) is 0 Å². The van der Waals surface area contributed by atoms with Crippen molar-refractivity contribution < 1.29 is 126 Å². The van der Waals surface area contributed by atoms with E-state index in [1.54, 1.807) is 41.0 Å². The molecular weight excluding hydrogens is 1500 g/mol. The molecule has 2 unspecified atom stereocenters. The van der Waals surface area contributed by atoms with Crippen LogP contribution in [-0.2, 0) is 60.7 Å². The average molecular weight is 1610 g/mol. The van der Waals surface area contributed by atoms with Crippen molar-refractivity contribution in [2.45, 2.75) is 146 Å². The number of hydrogen-bond acceptors (Lipinski definition) is 32. The third-order valence-corrected chi connectivity index (χ3v) is 20.7. The number of carbonyl (C=O) groups excluding carboxylic acids is 8. The molecule has 5 amide bonds. The number of carbonyl (C=O) groups is 9. The number of aromatic hydroxyl groups is 2. The van der Waals surface area contributed by atoms with Gasteiger partial charge in [0, 0.05) is 104 Å². The van der Waals surface area contributed by atoms with Crippen molar-refractivity contribution in [1.82, 2.24) is 42.0 Å². The van der Waals surface area contributed by atoms with Crippen molar-refractivity contribution in [1.29, 1.82) is 0 Å². The zero-order valence-corrected chi connectivity index (χ0v) is 65.7. The van der Waals surface area contributed by atoms with Gasteiger partial charge in [0.05, 0.1) is 95.5 Å². The molecule has 115 heavy (non-hydrogen) atoms. The molecule has 5 aliphatic heterocycles. The molecule has 4 saturated heterocycles. The Kier molecular flexibility index (Phi) is 31.1. The third kappa shape index (κ3) is 20.7. The van der Waals surface area contributed by atoms with Gasteiger partial charge in [-0.05, 0) is 119 Å². The minimum atomic E-state index is -2.24. The molecule has 0 saturated carbocycles. The number of rotatable bonds is 22. The Morgan fingerprint density at radius 1 is 0.765 bits per heavy atom. The highest BCUT2D eigenvalue weighted by molar-refractivity contribution is 6.31. The van der Waals surface area contributed by atoms with Gasteiger partial charge in [0.2, 0.25) is 42.0 Å². The summed E-state index contributed by atoms with van der Waals surface area (Å²) in [6.45, 7) is 11.2. The number of aliphatic hydroxyl groups excluding tert-OH is 3. The van der Waals surface area contributed by atoms with Crippen LogP contribution in [0.15, 0.2) is 66.7 Å². The molecule has 0 aromatic heterocycles. The number of amides is 5. The topological polar surface area (TPSA) is 518 Å². The van der Waals surface area contributed by atoms with E-state index in [0.717, 1.165) is 37.9 Å². The maximum absolute atomic E-state index is 13.8. The molecule has 0 bridgehead atoms. The number of phenols is 2. The highest BCUT2D eigenvalue weighted by Crippen LogP contribution is 2.56. The maximum Gasteiger partial charge on any atom is 0.307 e. The van der Waals surface area contributed by atoms with Crippen LogP contribution in [0.2, 0.25) is 0 Å². The van der Waals surface area contributed by atoms with Crippen LogP contribution in [0.5, 0.6) is 46.0 Å². The quantitative estimate of drug-likeness (QED) is 0.0197. The number of ketones is 3. The monoisotopic (exact) mass is 1610 g/mol. The van der Waals surface area contributed by atoms with Crippen molar-refractivity contribution in [2.24, 2.45) is 23.4 Å². The summed E-state index contributed by atoms with van der Waals surface area (Å²) in [7, 11) is 7.59. The number of aliphatic hydroxyl groups is 4. The van der Waals surface area contributed by atoms with E-state index in [4.69, 9.17) is 58.9 Å². The molecule has 5 aromatic rings. The second-order valence-corrected chi connectivity index (χ2v) is 28.8. The van der Waals surface area contributed by atoms with Crippen molar-refractivity contribution >= 4 is 52.9 Å². The highest BCUT2D eigenvalue weighted by atomic mass is 16.7. The number of phenolic OH excluding ortho intramolecular Hbond substituents is 2. The first kappa shape index (κ1) is 89.1. The molecule has 36 heteroatoms. The standard InChI is InChI=1S/C32H37NO12.C22H24O9.C12H19N3O.C11H16N4O4.C2H8N2/c1-14-31(45-21-8-3-4-9-42-21)17(33)10-22(43-14)44-19-12-32(40,20(35)13-34)11-16-24(19)30(39)26-25(28(16)37)27(36)15-6-5-7-18(41-2)23(15)29(26)38;1-27-16-4-10(5-17(28-2)21(16)29-3)18-11-6-14-15(31-9-30-14)7-12(11)20(24)13(8-23)19(18)22(25)26;1-9(2)15-12(16)11-6-4-10(5-7-11)8-14-13-3;1-7(15-5-10(18)13-11(19)6-15)2-14-3-8(16)12-9(17)4-14;1-2-4-3/h5-7,14,17,19,21-22,31,34,37,39-40H,3-4,8-13,33H2,1-2H3;4-7,13,18-20,23-24H,8-9H2,1-3H3,(H,25,26);4-7,9,13-14H,8H2,1-3H3,(H,15,16);7H,2-6H2,1H3,(H,12,16,17)(H,13,18,19);4H,2-3H2,1H3/t14-,17-,19?,21+,22-,31+,32-;13-,18+,19-,20-;;;/m00.../s1. The van der Waals surface area contributed by atoms with Gasteiger partial charge in [0.1, 0.15) is 35.6 Å². The SMILES string of the molecule is CC(CN1CC(=O)NC(=O)C1)N1CC(=O)NC(=O)C1.CCNN.CNNCc1ccc(C(=O)NC(C)C)cc1.COc1cc([C@@H]2c3cc4c(cc3[C@H](O)[C@@H](CO)[C@@H]2C(=O)O)OCO4)cc(OC)c1OC.COc1cccc2c1C(=O)c1c(O)c3c(c(O)c1C2=O)C[C@@](O)(C(=O)CO)CC3O[C@H]1C[C@H](N)[C@H](O[C@@H]2CCCCO2)[C@H](C)O1. The molecule has 0 spiro atoms. The normalized spacial score (nSPS) is 24.3. The average Bonchev–Trinajstić information content (AvgIpc) is 0.875. The molecule has 4 fully saturated rings. The number of nitrogens with zero attached hydrogens (tertiary/aromatic N) is 2. The van der Waals surface area contributed by atoms with E-state index in [0.29, 0.717) is 64.2 Å². The minimum Gasteiger partial charge on any atom is -0.507 e. The number of benzene rings is 5. The number of nitrogens with two attached hydrogens (primary N) is 2. The second kappa shape index (κ2) is 40.1. The largest absolute Gasteiger partial charge is 0.507 e. The van der Waals surface area contributed by atoms with Crippen molar-refractivity contribution in [2.75, 3.05) is 101 Å². The molecule has 0 radical (unpaired) electrons. The summed E-state index contributed by atoms with van der Waals surface area (Å²) in [5.41, 5.74) is 14.7. The van der Waals surface area contributed by atoms with Gasteiger partial charge >= 0.3 is 5.97 Å². The van der Waals surface area contributed by atoms with Crippen molar-refractivity contribution in [3.05, 3.63) is 128 Å². The Hall–Kier alpha value is -9.87. The van der Waals surface area contributed by atoms with Gasteiger partial charge in [-0.15, -0.1) is 0 Å². The Morgan fingerprint density at radius 3 is 1.91 bits per heavy atom. The van der Waals surface area contributed by atoms with Gasteiger partial charge in [0.25, 0.3) is 5.91 Å². The van der Waals surface area contributed by atoms with Crippen LogP contribution in [0.4, 0.5) is 0 Å². The first-order valence-electron chi connectivity index (χ1n) is 37.6. The first-order chi connectivity index (χ1) is 54.9. The second-order valence-electron chi connectivity index (χ2n) is 28.8. The van der Waals surface area contributed by atoms with E-state index >= 15 is 0 Å². The predicted molar refractivity (Wildman–Crippen MR) is 408 cm³/mol. The number of hydrazine groups is 2. The lowest BCUT2D eigenvalue weighted by atomic mass is 9.65. The van der Waals surface area contributed by atoms with Crippen LogP contribution in [0.25, 0.3) is 0 Å². The van der Waals surface area contributed by atoms with Crippen LogP contribution in [-0.4, -0.2) is 248 Å². The molecule has 36 nitrogen and oxygen atoms in total. The lowest BCUT2D eigenvalue weighted by Crippen LogP contribution is -2.58. The van der Waals surface area contributed by atoms with E-state index in [1.807, 2.05) is 59.0 Å².